The fourth-order valence-electron chi connectivity index (χ4n) is 2.33. The van der Waals surface area contributed by atoms with Crippen molar-refractivity contribution in [3.8, 4) is 0 Å². The molecule has 1 N–H and O–H groups in total. The Labute approximate surface area is 116 Å². The van der Waals surface area contributed by atoms with E-state index in [4.69, 9.17) is 4.74 Å². The normalized spacial score (nSPS) is 17.3. The van der Waals surface area contributed by atoms with Gasteiger partial charge in [-0.2, -0.15) is 9.61 Å². The van der Waals surface area contributed by atoms with E-state index in [-0.39, 0.29) is 0 Å². The van der Waals surface area contributed by atoms with Crippen molar-refractivity contribution in [1.82, 2.24) is 25.1 Å². The van der Waals surface area contributed by atoms with Crippen molar-refractivity contribution in [2.24, 2.45) is 0 Å². The lowest BCUT2D eigenvalue weighted by Crippen LogP contribution is -2.17. The molecule has 0 atom stereocenters. The molecule has 1 fully saturated rings. The summed E-state index contributed by atoms with van der Waals surface area (Å²) in [6, 6.07) is 0. The van der Waals surface area contributed by atoms with E-state index in [9.17, 15) is 0 Å². The van der Waals surface area contributed by atoms with Crippen molar-refractivity contribution >= 4 is 16.3 Å². The zero-order chi connectivity index (χ0) is 13.1. The second kappa shape index (κ2) is 5.94. The SMILES string of the molecule is CCCNCc1nn2c(C3CCOCC3)nnc2s1. The Morgan fingerprint density at radius 1 is 1.37 bits per heavy atom. The summed E-state index contributed by atoms with van der Waals surface area (Å²) in [4.78, 5) is 0.898. The maximum Gasteiger partial charge on any atom is 0.234 e. The third-order valence-corrected chi connectivity index (χ3v) is 4.25. The predicted molar refractivity (Wildman–Crippen MR) is 73.5 cm³/mol. The number of rotatable bonds is 5. The highest BCUT2D eigenvalue weighted by atomic mass is 32.1. The lowest BCUT2D eigenvalue weighted by atomic mass is 10.00. The quantitative estimate of drug-likeness (QED) is 0.843. The van der Waals surface area contributed by atoms with Gasteiger partial charge in [0.05, 0.1) is 0 Å². The molecule has 0 amide bonds. The Bertz CT molecular complexity index is 531. The second-order valence-electron chi connectivity index (χ2n) is 4.81. The van der Waals surface area contributed by atoms with Crippen LogP contribution in [0.3, 0.4) is 0 Å². The van der Waals surface area contributed by atoms with Crippen LogP contribution >= 0.6 is 11.3 Å². The molecule has 0 aromatic carbocycles. The highest BCUT2D eigenvalue weighted by molar-refractivity contribution is 7.16. The fourth-order valence-corrected chi connectivity index (χ4v) is 3.14. The van der Waals surface area contributed by atoms with Gasteiger partial charge in [0.1, 0.15) is 5.01 Å². The van der Waals surface area contributed by atoms with Gasteiger partial charge < -0.3 is 10.1 Å². The van der Waals surface area contributed by atoms with Gasteiger partial charge in [-0.05, 0) is 25.8 Å². The first-order valence-electron chi connectivity index (χ1n) is 6.88. The lowest BCUT2D eigenvalue weighted by Gasteiger charge is -2.19. The average Bonchev–Trinajstić information content (AvgIpc) is 3.00. The maximum atomic E-state index is 5.40. The third-order valence-electron chi connectivity index (χ3n) is 3.35. The van der Waals surface area contributed by atoms with Crippen LogP contribution < -0.4 is 5.32 Å². The molecule has 1 saturated heterocycles. The minimum Gasteiger partial charge on any atom is -0.381 e. The number of fused-ring (bicyclic) bond motifs is 1. The average molecular weight is 281 g/mol. The van der Waals surface area contributed by atoms with Gasteiger partial charge in [-0.25, -0.2) is 0 Å². The van der Waals surface area contributed by atoms with E-state index < -0.39 is 0 Å². The molecule has 1 aliphatic rings. The summed E-state index contributed by atoms with van der Waals surface area (Å²) in [5.74, 6) is 1.43. The molecule has 7 heteroatoms. The van der Waals surface area contributed by atoms with E-state index >= 15 is 0 Å². The van der Waals surface area contributed by atoms with Crippen LogP contribution in [0.2, 0.25) is 0 Å². The van der Waals surface area contributed by atoms with Crippen LogP contribution in [0.4, 0.5) is 0 Å². The highest BCUT2D eigenvalue weighted by Crippen LogP contribution is 2.26. The van der Waals surface area contributed by atoms with Crippen molar-refractivity contribution in [3.05, 3.63) is 10.8 Å². The van der Waals surface area contributed by atoms with Crippen molar-refractivity contribution in [2.75, 3.05) is 19.8 Å². The van der Waals surface area contributed by atoms with E-state index in [1.807, 2.05) is 4.52 Å². The van der Waals surface area contributed by atoms with Crippen LogP contribution in [0.1, 0.15) is 42.9 Å². The minimum absolute atomic E-state index is 0.433. The summed E-state index contributed by atoms with van der Waals surface area (Å²) in [5, 5.41) is 17.6. The van der Waals surface area contributed by atoms with Gasteiger partial charge in [-0.3, -0.25) is 0 Å². The number of nitrogens with one attached hydrogen (secondary N) is 1. The van der Waals surface area contributed by atoms with Gasteiger partial charge >= 0.3 is 0 Å². The molecule has 6 nitrogen and oxygen atoms in total. The first-order chi connectivity index (χ1) is 9.38. The molecule has 0 aliphatic carbocycles. The summed E-state index contributed by atoms with van der Waals surface area (Å²) < 4.78 is 7.32. The zero-order valence-corrected chi connectivity index (χ0v) is 11.9. The van der Waals surface area contributed by atoms with E-state index in [1.165, 1.54) is 0 Å². The standard InChI is InChI=1S/C12H19N5OS/c1-2-5-13-8-10-16-17-11(14-15-12(17)19-10)9-3-6-18-7-4-9/h9,13H,2-8H2,1H3. The Morgan fingerprint density at radius 3 is 3.00 bits per heavy atom. The summed E-state index contributed by atoms with van der Waals surface area (Å²) in [7, 11) is 0. The lowest BCUT2D eigenvalue weighted by molar-refractivity contribution is 0.0831. The van der Waals surface area contributed by atoms with Crippen molar-refractivity contribution in [2.45, 2.75) is 38.6 Å². The molecule has 3 rings (SSSR count). The Kier molecular flexibility index (Phi) is 4.05. The zero-order valence-electron chi connectivity index (χ0n) is 11.1. The smallest absolute Gasteiger partial charge is 0.234 e. The van der Waals surface area contributed by atoms with Crippen molar-refractivity contribution in [3.63, 3.8) is 0 Å². The van der Waals surface area contributed by atoms with Gasteiger partial charge in [-0.1, -0.05) is 18.3 Å². The first kappa shape index (κ1) is 13.0. The summed E-state index contributed by atoms with van der Waals surface area (Å²) >= 11 is 1.62. The number of hydrogen-bond acceptors (Lipinski definition) is 6. The molecule has 19 heavy (non-hydrogen) atoms. The largest absolute Gasteiger partial charge is 0.381 e. The van der Waals surface area contributed by atoms with Gasteiger partial charge in [0, 0.05) is 25.7 Å². The van der Waals surface area contributed by atoms with Gasteiger partial charge in [0.25, 0.3) is 0 Å². The number of ether oxygens (including phenoxy) is 1. The van der Waals surface area contributed by atoms with Crippen molar-refractivity contribution in [1.29, 1.82) is 0 Å². The fraction of sp³-hybridized carbons (Fsp3) is 0.750. The summed E-state index contributed by atoms with van der Waals surface area (Å²) in [5.41, 5.74) is 0. The Morgan fingerprint density at radius 2 is 2.21 bits per heavy atom. The third kappa shape index (κ3) is 2.77. The molecular weight excluding hydrogens is 262 g/mol. The van der Waals surface area contributed by atoms with E-state index in [0.717, 1.165) is 61.4 Å². The number of aromatic nitrogens is 4. The number of hydrogen-bond donors (Lipinski definition) is 1. The highest BCUT2D eigenvalue weighted by Gasteiger charge is 2.23. The van der Waals surface area contributed by atoms with Crippen LogP contribution in [-0.4, -0.2) is 39.6 Å². The van der Waals surface area contributed by atoms with Gasteiger partial charge in [-0.15, -0.1) is 10.2 Å². The molecule has 0 saturated carbocycles. The Balaban J connectivity index is 1.77. The predicted octanol–water partition coefficient (Wildman–Crippen LogP) is 1.58. The molecule has 2 aromatic heterocycles. The summed E-state index contributed by atoms with van der Waals surface area (Å²) in [6.45, 7) is 5.63. The van der Waals surface area contributed by atoms with Crippen LogP contribution in [0.25, 0.3) is 4.96 Å². The topological polar surface area (TPSA) is 64.3 Å². The molecule has 1 aliphatic heterocycles. The van der Waals surface area contributed by atoms with Crippen LogP contribution in [0.15, 0.2) is 0 Å². The Hall–Kier alpha value is -1.05. The summed E-state index contributed by atoms with van der Waals surface area (Å²) in [6.07, 6.45) is 3.17. The first-order valence-corrected chi connectivity index (χ1v) is 7.69. The molecule has 0 unspecified atom stereocenters. The molecule has 0 spiro atoms. The van der Waals surface area contributed by atoms with Crippen LogP contribution in [-0.2, 0) is 11.3 Å². The van der Waals surface area contributed by atoms with Gasteiger partial charge in [0.2, 0.25) is 4.96 Å². The molecule has 3 heterocycles. The maximum absolute atomic E-state index is 5.40. The van der Waals surface area contributed by atoms with Crippen LogP contribution in [0.5, 0.6) is 0 Å². The van der Waals surface area contributed by atoms with Crippen molar-refractivity contribution < 1.29 is 4.74 Å². The monoisotopic (exact) mass is 281 g/mol. The molecule has 0 radical (unpaired) electrons. The second-order valence-corrected chi connectivity index (χ2v) is 5.85. The number of nitrogens with zero attached hydrogens (tertiary/aromatic N) is 4. The molecular formula is C12H19N5OS. The van der Waals surface area contributed by atoms with E-state index in [0.29, 0.717) is 5.92 Å². The van der Waals surface area contributed by atoms with Crippen LogP contribution in [0, 0.1) is 0 Å². The minimum atomic E-state index is 0.433. The van der Waals surface area contributed by atoms with Gasteiger partial charge in [0.15, 0.2) is 5.82 Å². The van der Waals surface area contributed by atoms with E-state index in [2.05, 4.69) is 27.5 Å². The molecule has 0 bridgehead atoms. The van der Waals surface area contributed by atoms with E-state index in [1.54, 1.807) is 11.3 Å². The molecule has 2 aromatic rings. The molecule has 104 valence electrons.